The molecule has 1 N–H and O–H groups in total. The Kier molecular flexibility index (Phi) is 10.6. The number of carbonyl (C=O) groups excluding carboxylic acids is 2. The van der Waals surface area contributed by atoms with Crippen LogP contribution in [-0.4, -0.2) is 30.2 Å². The van der Waals surface area contributed by atoms with E-state index in [1.54, 1.807) is 11.8 Å². The van der Waals surface area contributed by atoms with Crippen LogP contribution in [0.25, 0.3) is 0 Å². The maximum atomic E-state index is 11.2. The zero-order valence-electron chi connectivity index (χ0n) is 10.4. The molecular weight excluding hydrogens is 222 g/mol. The SMILES string of the molecule is CCC(=O)CCCCCNC(=O)CCSC. The van der Waals surface area contributed by atoms with E-state index >= 15 is 0 Å². The standard InChI is InChI=1S/C12H23NO2S/c1-3-11(14)7-5-4-6-9-13-12(15)8-10-16-2/h3-10H2,1-2H3,(H,13,15). The topological polar surface area (TPSA) is 46.2 Å². The maximum Gasteiger partial charge on any atom is 0.220 e. The summed E-state index contributed by atoms with van der Waals surface area (Å²) < 4.78 is 0. The minimum absolute atomic E-state index is 0.138. The van der Waals surface area contributed by atoms with Crippen LogP contribution in [0, 0.1) is 0 Å². The molecule has 0 atom stereocenters. The number of hydrogen-bond donors (Lipinski definition) is 1. The molecule has 0 aliphatic heterocycles. The van der Waals surface area contributed by atoms with Gasteiger partial charge in [-0.3, -0.25) is 9.59 Å². The lowest BCUT2D eigenvalue weighted by molar-refractivity contribution is -0.121. The third kappa shape index (κ3) is 10.0. The van der Waals surface area contributed by atoms with Crippen molar-refractivity contribution in [1.29, 1.82) is 0 Å². The van der Waals surface area contributed by atoms with E-state index in [2.05, 4.69) is 5.32 Å². The number of hydrogen-bond acceptors (Lipinski definition) is 3. The van der Waals surface area contributed by atoms with Crippen molar-refractivity contribution in [2.24, 2.45) is 0 Å². The van der Waals surface area contributed by atoms with Crippen LogP contribution in [0.4, 0.5) is 0 Å². The van der Waals surface area contributed by atoms with Gasteiger partial charge in [-0.25, -0.2) is 0 Å². The van der Waals surface area contributed by atoms with Gasteiger partial charge in [0, 0.05) is 31.6 Å². The molecule has 4 heteroatoms. The summed E-state index contributed by atoms with van der Waals surface area (Å²) in [6, 6.07) is 0. The Labute approximate surface area is 103 Å². The molecule has 0 aliphatic rings. The number of nitrogens with one attached hydrogen (secondary N) is 1. The van der Waals surface area contributed by atoms with Crippen LogP contribution in [0.3, 0.4) is 0 Å². The number of carbonyl (C=O) groups is 2. The van der Waals surface area contributed by atoms with Crippen molar-refractivity contribution in [2.45, 2.75) is 45.4 Å². The fraction of sp³-hybridized carbons (Fsp3) is 0.833. The molecule has 0 aromatic heterocycles. The van der Waals surface area contributed by atoms with Gasteiger partial charge in [0.25, 0.3) is 0 Å². The largest absolute Gasteiger partial charge is 0.356 e. The Morgan fingerprint density at radius 3 is 2.50 bits per heavy atom. The van der Waals surface area contributed by atoms with Crippen molar-refractivity contribution in [2.75, 3.05) is 18.6 Å². The van der Waals surface area contributed by atoms with Crippen molar-refractivity contribution in [3.8, 4) is 0 Å². The van der Waals surface area contributed by atoms with Crippen LogP contribution in [0.15, 0.2) is 0 Å². The van der Waals surface area contributed by atoms with E-state index in [1.165, 1.54) is 0 Å². The summed E-state index contributed by atoms with van der Waals surface area (Å²) in [6.45, 7) is 2.64. The first-order valence-corrected chi connectivity index (χ1v) is 7.37. The molecule has 0 fully saturated rings. The molecule has 0 aliphatic carbocycles. The van der Waals surface area contributed by atoms with E-state index in [9.17, 15) is 9.59 Å². The highest BCUT2D eigenvalue weighted by molar-refractivity contribution is 7.98. The van der Waals surface area contributed by atoms with Gasteiger partial charge in [0.2, 0.25) is 5.91 Å². The first-order chi connectivity index (χ1) is 7.70. The molecule has 0 radical (unpaired) electrons. The van der Waals surface area contributed by atoms with Gasteiger partial charge in [-0.2, -0.15) is 11.8 Å². The summed E-state index contributed by atoms with van der Waals surface area (Å²) in [7, 11) is 0. The number of unbranched alkanes of at least 4 members (excludes halogenated alkanes) is 2. The van der Waals surface area contributed by atoms with E-state index in [-0.39, 0.29) is 5.91 Å². The molecule has 3 nitrogen and oxygen atoms in total. The van der Waals surface area contributed by atoms with Gasteiger partial charge < -0.3 is 5.32 Å². The van der Waals surface area contributed by atoms with Crippen molar-refractivity contribution in [3.05, 3.63) is 0 Å². The highest BCUT2D eigenvalue weighted by Crippen LogP contribution is 2.01. The first kappa shape index (κ1) is 15.5. The average Bonchev–Trinajstić information content (AvgIpc) is 2.30. The van der Waals surface area contributed by atoms with Crippen LogP contribution < -0.4 is 5.32 Å². The molecular formula is C12H23NO2S. The lowest BCUT2D eigenvalue weighted by Crippen LogP contribution is -2.24. The van der Waals surface area contributed by atoms with Crippen molar-refractivity contribution >= 4 is 23.5 Å². The summed E-state index contributed by atoms with van der Waals surface area (Å²) in [4.78, 5) is 22.2. The highest BCUT2D eigenvalue weighted by Gasteiger charge is 2.00. The maximum absolute atomic E-state index is 11.2. The Balaban J connectivity index is 3.20. The number of amides is 1. The summed E-state index contributed by atoms with van der Waals surface area (Å²) in [6.07, 6.45) is 6.89. The predicted molar refractivity (Wildman–Crippen MR) is 69.8 cm³/mol. The molecule has 0 spiro atoms. The molecule has 0 saturated carbocycles. The van der Waals surface area contributed by atoms with Gasteiger partial charge >= 0.3 is 0 Å². The van der Waals surface area contributed by atoms with E-state index < -0.39 is 0 Å². The molecule has 0 unspecified atom stereocenters. The lowest BCUT2D eigenvalue weighted by Gasteiger charge is -2.04. The van der Waals surface area contributed by atoms with Crippen LogP contribution in [-0.2, 0) is 9.59 Å². The molecule has 0 rings (SSSR count). The molecule has 0 heterocycles. The molecule has 94 valence electrons. The number of Topliss-reactive ketones (excluding diaryl/α,β-unsaturated/α-hetero) is 1. The average molecular weight is 245 g/mol. The van der Waals surface area contributed by atoms with Gasteiger partial charge in [-0.1, -0.05) is 13.3 Å². The summed E-state index contributed by atoms with van der Waals surface area (Å²) >= 11 is 1.68. The van der Waals surface area contributed by atoms with E-state index in [0.717, 1.165) is 31.6 Å². The summed E-state index contributed by atoms with van der Waals surface area (Å²) in [5.41, 5.74) is 0. The van der Waals surface area contributed by atoms with Gasteiger partial charge in [-0.05, 0) is 19.1 Å². The fourth-order valence-corrected chi connectivity index (χ4v) is 1.70. The lowest BCUT2D eigenvalue weighted by atomic mass is 10.1. The van der Waals surface area contributed by atoms with E-state index in [4.69, 9.17) is 0 Å². The second-order valence-electron chi connectivity index (χ2n) is 3.80. The number of thioether (sulfide) groups is 1. The third-order valence-corrected chi connectivity index (χ3v) is 2.99. The van der Waals surface area contributed by atoms with Crippen LogP contribution in [0.1, 0.15) is 45.4 Å². The monoisotopic (exact) mass is 245 g/mol. The Morgan fingerprint density at radius 1 is 1.12 bits per heavy atom. The molecule has 1 amide bonds. The van der Waals surface area contributed by atoms with Gasteiger partial charge in [0.05, 0.1) is 0 Å². The molecule has 0 aromatic rings. The predicted octanol–water partition coefficient (Wildman–Crippen LogP) is 2.40. The van der Waals surface area contributed by atoms with E-state index in [0.29, 0.717) is 25.0 Å². The minimum Gasteiger partial charge on any atom is -0.356 e. The Hall–Kier alpha value is -0.510. The third-order valence-electron chi connectivity index (χ3n) is 2.38. The smallest absolute Gasteiger partial charge is 0.220 e. The molecule has 0 aromatic carbocycles. The minimum atomic E-state index is 0.138. The van der Waals surface area contributed by atoms with Crippen molar-refractivity contribution < 1.29 is 9.59 Å². The van der Waals surface area contributed by atoms with Crippen molar-refractivity contribution in [1.82, 2.24) is 5.32 Å². The van der Waals surface area contributed by atoms with E-state index in [1.807, 2.05) is 13.2 Å². The van der Waals surface area contributed by atoms with Gasteiger partial charge in [0.15, 0.2) is 0 Å². The van der Waals surface area contributed by atoms with Crippen molar-refractivity contribution in [3.63, 3.8) is 0 Å². The Bertz CT molecular complexity index is 207. The molecule has 0 saturated heterocycles. The van der Waals surface area contributed by atoms with Crippen LogP contribution >= 0.6 is 11.8 Å². The summed E-state index contributed by atoms with van der Waals surface area (Å²) in [5.74, 6) is 1.36. The zero-order chi connectivity index (χ0) is 12.2. The highest BCUT2D eigenvalue weighted by atomic mass is 32.2. The quantitative estimate of drug-likeness (QED) is 0.601. The second-order valence-corrected chi connectivity index (χ2v) is 4.78. The zero-order valence-corrected chi connectivity index (χ0v) is 11.2. The molecule has 16 heavy (non-hydrogen) atoms. The van der Waals surface area contributed by atoms with Crippen LogP contribution in [0.2, 0.25) is 0 Å². The van der Waals surface area contributed by atoms with Gasteiger partial charge in [0.1, 0.15) is 5.78 Å². The second kappa shape index (κ2) is 11.0. The summed E-state index contributed by atoms with van der Waals surface area (Å²) in [5, 5.41) is 2.88. The van der Waals surface area contributed by atoms with Crippen LogP contribution in [0.5, 0.6) is 0 Å². The fourth-order valence-electron chi connectivity index (χ4n) is 1.31. The number of rotatable bonds is 10. The first-order valence-electron chi connectivity index (χ1n) is 5.98. The Morgan fingerprint density at radius 2 is 1.88 bits per heavy atom. The van der Waals surface area contributed by atoms with Gasteiger partial charge in [-0.15, -0.1) is 0 Å². The normalized spacial score (nSPS) is 10.1. The number of ketones is 1. The molecule has 0 bridgehead atoms.